The van der Waals surface area contributed by atoms with Gasteiger partial charge in [0.05, 0.1) is 5.02 Å². The zero-order valence-corrected chi connectivity index (χ0v) is 12.0. The van der Waals surface area contributed by atoms with Gasteiger partial charge in [-0.1, -0.05) is 17.7 Å². The van der Waals surface area contributed by atoms with Crippen molar-refractivity contribution in [3.8, 4) is 5.75 Å². The molecule has 0 saturated carbocycles. The van der Waals surface area contributed by atoms with E-state index in [1.807, 2.05) is 0 Å². The molecule has 1 atom stereocenters. The number of nitrogens with one attached hydrogen (secondary N) is 1. The lowest BCUT2D eigenvalue weighted by atomic mass is 10.2. The molecule has 6 heteroatoms. The first-order chi connectivity index (χ1) is 9.97. The van der Waals surface area contributed by atoms with Gasteiger partial charge in [0.1, 0.15) is 0 Å². The fourth-order valence-electron chi connectivity index (χ4n) is 1.63. The molecule has 2 aromatic rings. The Morgan fingerprint density at radius 2 is 1.95 bits per heavy atom. The van der Waals surface area contributed by atoms with Crippen molar-refractivity contribution < 1.29 is 13.9 Å². The molecule has 4 nitrogen and oxygen atoms in total. The van der Waals surface area contributed by atoms with Crippen LogP contribution in [0.5, 0.6) is 5.75 Å². The van der Waals surface area contributed by atoms with Crippen LogP contribution in [-0.2, 0) is 4.79 Å². The third-order valence-corrected chi connectivity index (χ3v) is 3.06. The molecule has 0 aliphatic rings. The fourth-order valence-corrected chi connectivity index (χ4v) is 1.80. The first kappa shape index (κ1) is 15.1. The van der Waals surface area contributed by atoms with Crippen LogP contribution in [0.25, 0.3) is 0 Å². The van der Waals surface area contributed by atoms with Crippen molar-refractivity contribution in [1.82, 2.24) is 0 Å². The van der Waals surface area contributed by atoms with Gasteiger partial charge in [0.25, 0.3) is 5.91 Å². The van der Waals surface area contributed by atoms with E-state index in [4.69, 9.17) is 22.1 Å². The molecule has 0 aliphatic carbocycles. The van der Waals surface area contributed by atoms with Crippen molar-refractivity contribution in [1.29, 1.82) is 0 Å². The predicted octanol–water partition coefficient (Wildman–Crippen LogP) is 3.47. The molecule has 0 saturated heterocycles. The Labute approximate surface area is 126 Å². The van der Waals surface area contributed by atoms with Gasteiger partial charge in [-0.15, -0.1) is 0 Å². The highest BCUT2D eigenvalue weighted by Crippen LogP contribution is 2.25. The Balaban J connectivity index is 2.02. The van der Waals surface area contributed by atoms with Gasteiger partial charge >= 0.3 is 0 Å². The van der Waals surface area contributed by atoms with Gasteiger partial charge < -0.3 is 15.8 Å². The van der Waals surface area contributed by atoms with Crippen molar-refractivity contribution in [3.05, 3.63) is 53.3 Å². The second kappa shape index (κ2) is 6.45. The maximum absolute atomic E-state index is 13.7. The third kappa shape index (κ3) is 3.86. The number of anilines is 2. The molecule has 2 aromatic carbocycles. The number of ether oxygens (including phenoxy) is 1. The second-order valence-corrected chi connectivity index (χ2v) is 4.83. The Hall–Kier alpha value is -2.27. The summed E-state index contributed by atoms with van der Waals surface area (Å²) < 4.78 is 19.0. The van der Waals surface area contributed by atoms with Crippen molar-refractivity contribution >= 4 is 28.9 Å². The molecule has 0 spiro atoms. The lowest BCUT2D eigenvalue weighted by molar-refractivity contribution is -0.122. The average molecular weight is 309 g/mol. The van der Waals surface area contributed by atoms with Crippen LogP contribution in [-0.4, -0.2) is 12.0 Å². The summed E-state index contributed by atoms with van der Waals surface area (Å²) in [5, 5.41) is 2.59. The summed E-state index contributed by atoms with van der Waals surface area (Å²) in [6, 6.07) is 11.0. The lowest BCUT2D eigenvalue weighted by Gasteiger charge is -2.15. The van der Waals surface area contributed by atoms with Crippen LogP contribution in [0.4, 0.5) is 15.8 Å². The van der Waals surface area contributed by atoms with Crippen LogP contribution >= 0.6 is 11.6 Å². The summed E-state index contributed by atoms with van der Waals surface area (Å²) in [5.41, 5.74) is 6.73. The molecule has 0 aliphatic heterocycles. The Kier molecular flexibility index (Phi) is 4.65. The minimum atomic E-state index is -0.879. The van der Waals surface area contributed by atoms with Crippen LogP contribution in [0, 0.1) is 5.82 Å². The molecule has 0 bridgehead atoms. The summed E-state index contributed by atoms with van der Waals surface area (Å²) in [6.45, 7) is 1.52. The second-order valence-electron chi connectivity index (χ2n) is 4.42. The SMILES string of the molecule is CC(Oc1cccc(Cl)c1F)C(=O)Nc1ccc(N)cc1. The molecule has 110 valence electrons. The van der Waals surface area contributed by atoms with Gasteiger partial charge in [0, 0.05) is 11.4 Å². The number of nitrogen functional groups attached to an aromatic ring is 1. The average Bonchev–Trinajstić information content (AvgIpc) is 2.46. The molecular formula is C15H14ClFN2O2. The van der Waals surface area contributed by atoms with Crippen molar-refractivity contribution in [2.24, 2.45) is 0 Å². The Morgan fingerprint density at radius 3 is 2.62 bits per heavy atom. The first-order valence-corrected chi connectivity index (χ1v) is 6.62. The summed E-state index contributed by atoms with van der Waals surface area (Å²) in [6.07, 6.45) is -0.879. The molecule has 0 heterocycles. The van der Waals surface area contributed by atoms with Crippen LogP contribution in [0.15, 0.2) is 42.5 Å². The topological polar surface area (TPSA) is 64.3 Å². The van der Waals surface area contributed by atoms with Crippen molar-refractivity contribution in [2.75, 3.05) is 11.1 Å². The van der Waals surface area contributed by atoms with E-state index >= 15 is 0 Å². The van der Waals surface area contributed by atoms with E-state index in [1.54, 1.807) is 30.3 Å². The van der Waals surface area contributed by atoms with E-state index in [9.17, 15) is 9.18 Å². The molecule has 0 fully saturated rings. The van der Waals surface area contributed by atoms with Crippen molar-refractivity contribution in [2.45, 2.75) is 13.0 Å². The van der Waals surface area contributed by atoms with E-state index in [2.05, 4.69) is 5.32 Å². The van der Waals surface area contributed by atoms with E-state index in [-0.39, 0.29) is 10.8 Å². The van der Waals surface area contributed by atoms with Gasteiger partial charge in [0.2, 0.25) is 0 Å². The van der Waals surface area contributed by atoms with Gasteiger partial charge in [-0.2, -0.15) is 0 Å². The number of rotatable bonds is 4. The van der Waals surface area contributed by atoms with E-state index in [0.717, 1.165) is 0 Å². The molecule has 3 N–H and O–H groups in total. The minimum Gasteiger partial charge on any atom is -0.478 e. The molecule has 0 radical (unpaired) electrons. The number of hydrogen-bond donors (Lipinski definition) is 2. The summed E-state index contributed by atoms with van der Waals surface area (Å²) in [5.74, 6) is -1.16. The summed E-state index contributed by atoms with van der Waals surface area (Å²) in [4.78, 5) is 12.0. The number of benzene rings is 2. The van der Waals surface area contributed by atoms with Crippen LogP contribution in [0.3, 0.4) is 0 Å². The van der Waals surface area contributed by atoms with E-state index in [1.165, 1.54) is 19.1 Å². The maximum Gasteiger partial charge on any atom is 0.265 e. The fraction of sp³-hybridized carbons (Fsp3) is 0.133. The van der Waals surface area contributed by atoms with Crippen LogP contribution in [0.1, 0.15) is 6.92 Å². The Bertz CT molecular complexity index is 647. The molecule has 2 rings (SSSR count). The molecule has 21 heavy (non-hydrogen) atoms. The van der Waals surface area contributed by atoms with E-state index < -0.39 is 17.8 Å². The number of halogens is 2. The quantitative estimate of drug-likeness (QED) is 0.850. The van der Waals surface area contributed by atoms with Gasteiger partial charge in [-0.05, 0) is 43.3 Å². The zero-order valence-electron chi connectivity index (χ0n) is 11.3. The molecule has 1 unspecified atom stereocenters. The maximum atomic E-state index is 13.7. The molecule has 1 amide bonds. The molecule has 0 aromatic heterocycles. The number of carbonyl (C=O) groups is 1. The zero-order chi connectivity index (χ0) is 15.4. The molecular weight excluding hydrogens is 295 g/mol. The van der Waals surface area contributed by atoms with Gasteiger partial charge in [0.15, 0.2) is 17.7 Å². The Morgan fingerprint density at radius 1 is 1.29 bits per heavy atom. The smallest absolute Gasteiger partial charge is 0.265 e. The van der Waals surface area contributed by atoms with Crippen molar-refractivity contribution in [3.63, 3.8) is 0 Å². The largest absolute Gasteiger partial charge is 0.478 e. The highest BCUT2D eigenvalue weighted by Gasteiger charge is 2.17. The monoisotopic (exact) mass is 308 g/mol. The summed E-state index contributed by atoms with van der Waals surface area (Å²) in [7, 11) is 0. The minimum absolute atomic E-state index is 0.0568. The normalized spacial score (nSPS) is 11.8. The number of hydrogen-bond acceptors (Lipinski definition) is 3. The number of carbonyl (C=O) groups excluding carboxylic acids is 1. The van der Waals surface area contributed by atoms with Gasteiger partial charge in [-0.3, -0.25) is 4.79 Å². The third-order valence-electron chi connectivity index (χ3n) is 2.77. The first-order valence-electron chi connectivity index (χ1n) is 6.24. The lowest BCUT2D eigenvalue weighted by Crippen LogP contribution is -2.30. The van der Waals surface area contributed by atoms with E-state index in [0.29, 0.717) is 11.4 Å². The number of amides is 1. The predicted molar refractivity (Wildman–Crippen MR) is 81.0 cm³/mol. The highest BCUT2D eigenvalue weighted by molar-refractivity contribution is 6.30. The van der Waals surface area contributed by atoms with Crippen LogP contribution < -0.4 is 15.8 Å². The van der Waals surface area contributed by atoms with Crippen LogP contribution in [0.2, 0.25) is 5.02 Å². The highest BCUT2D eigenvalue weighted by atomic mass is 35.5. The number of nitrogens with two attached hydrogens (primary N) is 1. The summed E-state index contributed by atoms with van der Waals surface area (Å²) >= 11 is 5.65. The van der Waals surface area contributed by atoms with Gasteiger partial charge in [-0.25, -0.2) is 4.39 Å². The standard InChI is InChI=1S/C15H14ClFN2O2/c1-9(21-13-4-2-3-12(16)14(13)17)15(20)19-11-7-5-10(18)6-8-11/h2-9H,18H2,1H3,(H,19,20).